The number of nitrogens with one attached hydrogen (secondary N) is 1. The molecule has 2 rings (SSSR count). The number of pyridine rings is 1. The van der Waals surface area contributed by atoms with Gasteiger partial charge in [0.2, 0.25) is 5.56 Å². The Morgan fingerprint density at radius 1 is 1.44 bits per heavy atom. The number of H-pyrrole nitrogens is 1. The van der Waals surface area contributed by atoms with E-state index >= 15 is 0 Å². The quantitative estimate of drug-likeness (QED) is 0.773. The second kappa shape index (κ2) is 3.57. The zero-order chi connectivity index (χ0) is 11.8. The summed E-state index contributed by atoms with van der Waals surface area (Å²) in [5.74, 6) is 0.651. The zero-order valence-electron chi connectivity index (χ0n) is 9.02. The Bertz CT molecular complexity index is 550. The second-order valence-corrected chi connectivity index (χ2v) is 4.07. The molecule has 6 nitrogen and oxygen atoms in total. The van der Waals surface area contributed by atoms with E-state index in [9.17, 15) is 4.79 Å². The number of aromatic amines is 1. The van der Waals surface area contributed by atoms with E-state index in [-0.39, 0.29) is 11.4 Å². The topological polar surface area (TPSA) is 97.8 Å². The maximum absolute atomic E-state index is 11.1. The van der Waals surface area contributed by atoms with Crippen LogP contribution in [0.2, 0.25) is 0 Å². The lowest BCUT2D eigenvalue weighted by Crippen LogP contribution is -2.30. The zero-order valence-corrected chi connectivity index (χ0v) is 9.02. The third-order valence-corrected chi connectivity index (χ3v) is 2.00. The van der Waals surface area contributed by atoms with Crippen molar-refractivity contribution in [3.8, 4) is 11.6 Å². The number of nitrogens with zero attached hydrogens (tertiary/aromatic N) is 2. The molecule has 2 heterocycles. The van der Waals surface area contributed by atoms with Crippen LogP contribution in [0.4, 0.5) is 0 Å². The monoisotopic (exact) mass is 220 g/mol. The minimum absolute atomic E-state index is 0.218. The molecule has 0 aromatic carbocycles. The molecule has 0 aliphatic carbocycles. The van der Waals surface area contributed by atoms with Crippen LogP contribution >= 0.6 is 0 Å². The molecule has 0 aliphatic heterocycles. The van der Waals surface area contributed by atoms with Crippen LogP contribution in [0.1, 0.15) is 19.7 Å². The molecule has 0 atom stereocenters. The molecule has 0 bridgehead atoms. The van der Waals surface area contributed by atoms with Gasteiger partial charge in [-0.25, -0.2) is 0 Å². The minimum Gasteiger partial charge on any atom is -0.332 e. The van der Waals surface area contributed by atoms with Crippen molar-refractivity contribution in [1.82, 2.24) is 15.1 Å². The molecule has 16 heavy (non-hydrogen) atoms. The van der Waals surface area contributed by atoms with Gasteiger partial charge in [0.15, 0.2) is 5.82 Å². The maximum Gasteiger partial charge on any atom is 0.274 e. The number of hydrogen-bond donors (Lipinski definition) is 2. The summed E-state index contributed by atoms with van der Waals surface area (Å²) in [5.41, 5.74) is 5.41. The number of nitrogens with two attached hydrogens (primary N) is 1. The van der Waals surface area contributed by atoms with Gasteiger partial charge in [-0.15, -0.1) is 0 Å². The van der Waals surface area contributed by atoms with E-state index in [0.717, 1.165) is 0 Å². The molecular formula is C10H12N4O2. The summed E-state index contributed by atoms with van der Waals surface area (Å²) in [6.07, 6.45) is 0. The van der Waals surface area contributed by atoms with Gasteiger partial charge in [-0.3, -0.25) is 4.79 Å². The van der Waals surface area contributed by atoms with Crippen molar-refractivity contribution in [2.45, 2.75) is 19.4 Å². The summed E-state index contributed by atoms with van der Waals surface area (Å²) < 4.78 is 5.02. The standard InChI is InChI=1S/C10H12N4O2/c1-10(2,11)9-13-8(16-14-9)6-4-3-5-7(15)12-6/h3-5H,11H2,1-2H3,(H,12,15). The van der Waals surface area contributed by atoms with Crippen molar-refractivity contribution in [2.75, 3.05) is 0 Å². The predicted molar refractivity (Wildman–Crippen MR) is 57.6 cm³/mol. The lowest BCUT2D eigenvalue weighted by molar-refractivity contribution is 0.396. The molecule has 0 spiro atoms. The van der Waals surface area contributed by atoms with Crippen molar-refractivity contribution >= 4 is 0 Å². The smallest absolute Gasteiger partial charge is 0.274 e. The number of hydrogen-bond acceptors (Lipinski definition) is 5. The first-order valence-corrected chi connectivity index (χ1v) is 4.79. The van der Waals surface area contributed by atoms with Crippen LogP contribution in [-0.2, 0) is 5.54 Å². The van der Waals surface area contributed by atoms with E-state index in [1.165, 1.54) is 6.07 Å². The second-order valence-electron chi connectivity index (χ2n) is 4.07. The SMILES string of the molecule is CC(C)(N)c1noc(-c2cccc(=O)[nH]2)n1. The van der Waals surface area contributed by atoms with Gasteiger partial charge >= 0.3 is 0 Å². The molecular weight excluding hydrogens is 208 g/mol. The highest BCUT2D eigenvalue weighted by Gasteiger charge is 2.22. The average molecular weight is 220 g/mol. The Labute approximate surface area is 91.5 Å². The van der Waals surface area contributed by atoms with Crippen LogP contribution in [0.5, 0.6) is 0 Å². The van der Waals surface area contributed by atoms with Gasteiger partial charge in [-0.05, 0) is 19.9 Å². The first-order valence-electron chi connectivity index (χ1n) is 4.79. The van der Waals surface area contributed by atoms with Gasteiger partial charge in [0, 0.05) is 6.07 Å². The Hall–Kier alpha value is -1.95. The fraction of sp³-hybridized carbons (Fsp3) is 0.300. The Morgan fingerprint density at radius 2 is 2.19 bits per heavy atom. The molecule has 0 unspecified atom stereocenters. The fourth-order valence-electron chi connectivity index (χ4n) is 1.17. The first kappa shape index (κ1) is 10.6. The minimum atomic E-state index is -0.670. The molecule has 3 N–H and O–H groups in total. The summed E-state index contributed by atoms with van der Waals surface area (Å²) in [6.45, 7) is 3.55. The molecule has 0 radical (unpaired) electrons. The van der Waals surface area contributed by atoms with Crippen LogP contribution < -0.4 is 11.3 Å². The number of aromatic nitrogens is 3. The van der Waals surface area contributed by atoms with E-state index in [2.05, 4.69) is 15.1 Å². The van der Waals surface area contributed by atoms with Crippen LogP contribution in [0.15, 0.2) is 27.5 Å². The summed E-state index contributed by atoms with van der Waals surface area (Å²) in [4.78, 5) is 17.8. The molecule has 0 fully saturated rings. The van der Waals surface area contributed by atoms with Gasteiger partial charge in [0.25, 0.3) is 5.89 Å². The van der Waals surface area contributed by atoms with Gasteiger partial charge < -0.3 is 15.2 Å². The summed E-state index contributed by atoms with van der Waals surface area (Å²) in [6, 6.07) is 4.71. The first-order chi connectivity index (χ1) is 7.47. The highest BCUT2D eigenvalue weighted by molar-refractivity contribution is 5.45. The molecule has 0 saturated heterocycles. The van der Waals surface area contributed by atoms with E-state index in [1.807, 2.05) is 0 Å². The Morgan fingerprint density at radius 3 is 2.75 bits per heavy atom. The fourth-order valence-corrected chi connectivity index (χ4v) is 1.17. The third kappa shape index (κ3) is 2.01. The normalized spacial score (nSPS) is 11.7. The van der Waals surface area contributed by atoms with Crippen LogP contribution in [0.3, 0.4) is 0 Å². The molecule has 0 saturated carbocycles. The number of rotatable bonds is 2. The van der Waals surface area contributed by atoms with E-state index in [4.69, 9.17) is 10.3 Å². The highest BCUT2D eigenvalue weighted by atomic mass is 16.5. The van der Waals surface area contributed by atoms with Crippen molar-refractivity contribution in [3.63, 3.8) is 0 Å². The average Bonchev–Trinajstić information content (AvgIpc) is 2.65. The van der Waals surface area contributed by atoms with Crippen molar-refractivity contribution in [1.29, 1.82) is 0 Å². The van der Waals surface area contributed by atoms with Crippen LogP contribution in [-0.4, -0.2) is 15.1 Å². The largest absolute Gasteiger partial charge is 0.332 e. The third-order valence-electron chi connectivity index (χ3n) is 2.00. The van der Waals surface area contributed by atoms with E-state index in [0.29, 0.717) is 11.5 Å². The van der Waals surface area contributed by atoms with Gasteiger partial charge in [0.05, 0.1) is 5.54 Å². The van der Waals surface area contributed by atoms with Crippen molar-refractivity contribution in [2.24, 2.45) is 5.73 Å². The van der Waals surface area contributed by atoms with Crippen LogP contribution in [0, 0.1) is 0 Å². The molecule has 0 aliphatic rings. The summed E-state index contributed by atoms with van der Waals surface area (Å²) in [7, 11) is 0. The van der Waals surface area contributed by atoms with Gasteiger partial charge in [0.1, 0.15) is 5.69 Å². The lowest BCUT2D eigenvalue weighted by Gasteiger charge is -2.11. The molecule has 84 valence electrons. The molecule has 6 heteroatoms. The molecule has 2 aromatic heterocycles. The summed E-state index contributed by atoms with van der Waals surface area (Å²) in [5, 5.41) is 3.76. The lowest BCUT2D eigenvalue weighted by atomic mass is 10.1. The van der Waals surface area contributed by atoms with E-state index < -0.39 is 5.54 Å². The molecule has 0 amide bonds. The van der Waals surface area contributed by atoms with Crippen LogP contribution in [0.25, 0.3) is 11.6 Å². The van der Waals surface area contributed by atoms with E-state index in [1.54, 1.807) is 26.0 Å². The maximum atomic E-state index is 11.1. The van der Waals surface area contributed by atoms with Gasteiger partial charge in [-0.2, -0.15) is 4.98 Å². The highest BCUT2D eigenvalue weighted by Crippen LogP contribution is 2.17. The summed E-state index contributed by atoms with van der Waals surface area (Å²) >= 11 is 0. The Balaban J connectivity index is 2.43. The van der Waals surface area contributed by atoms with Gasteiger partial charge in [-0.1, -0.05) is 11.2 Å². The predicted octanol–water partition coefficient (Wildman–Crippen LogP) is 0.619. The van der Waals surface area contributed by atoms with Crippen molar-refractivity contribution < 1.29 is 4.52 Å². The molecule has 2 aromatic rings. The Kier molecular flexibility index (Phi) is 2.35. The van der Waals surface area contributed by atoms with Crippen molar-refractivity contribution in [3.05, 3.63) is 34.4 Å².